The normalized spacial score (nSPS) is 13.5. The Morgan fingerprint density at radius 2 is 1.78 bits per heavy atom. The fraction of sp³-hybridized carbons (Fsp3) is 0.417. The first-order valence-corrected chi connectivity index (χ1v) is 14.2. The minimum atomic E-state index is -4.76. The maximum absolute atomic E-state index is 13.5. The van der Waals surface area contributed by atoms with E-state index < -0.39 is 51.9 Å². The molecular weight excluding hydrogens is 599 g/mol. The third kappa shape index (κ3) is 8.61. The third-order valence-electron chi connectivity index (χ3n) is 5.63. The Morgan fingerprint density at radius 3 is 2.32 bits per heavy atom. The second-order valence-electron chi connectivity index (χ2n) is 8.58. The van der Waals surface area contributed by atoms with Crippen molar-refractivity contribution in [1.29, 1.82) is 0 Å². The molecule has 2 atom stereocenters. The summed E-state index contributed by atoms with van der Waals surface area (Å²) < 4.78 is 66.4. The molecule has 2 aromatic rings. The van der Waals surface area contributed by atoms with Gasteiger partial charge in [0.2, 0.25) is 21.8 Å². The largest absolute Gasteiger partial charge is 0.416 e. The van der Waals surface area contributed by atoms with Crippen molar-refractivity contribution in [2.75, 3.05) is 17.1 Å². The van der Waals surface area contributed by atoms with Gasteiger partial charge in [0.25, 0.3) is 0 Å². The first-order chi connectivity index (χ1) is 17.0. The lowest BCUT2D eigenvalue weighted by atomic mass is 10.1. The average Bonchev–Trinajstić information content (AvgIpc) is 2.79. The zero-order valence-electron chi connectivity index (χ0n) is 20.6. The highest BCUT2D eigenvalue weighted by Crippen LogP contribution is 2.36. The molecule has 37 heavy (non-hydrogen) atoms. The SMILES string of the molecule is CC[C@H](C)NC(=O)[C@@H](C)N(Cc1cccc(Br)c1)C(=O)CN(c1cc(C(F)(F)F)ccc1Cl)S(C)(=O)=O. The molecule has 0 saturated heterocycles. The molecule has 0 heterocycles. The zero-order chi connectivity index (χ0) is 28.1. The Kier molecular flexibility index (Phi) is 10.4. The molecule has 2 aromatic carbocycles. The first-order valence-electron chi connectivity index (χ1n) is 11.2. The van der Waals surface area contributed by atoms with Gasteiger partial charge >= 0.3 is 6.18 Å². The highest BCUT2D eigenvalue weighted by Gasteiger charge is 2.34. The smallest absolute Gasteiger partial charge is 0.352 e. The van der Waals surface area contributed by atoms with Crippen LogP contribution in [0.3, 0.4) is 0 Å². The molecule has 0 unspecified atom stereocenters. The van der Waals surface area contributed by atoms with Gasteiger partial charge in [-0.2, -0.15) is 13.2 Å². The lowest BCUT2D eigenvalue weighted by Crippen LogP contribution is -2.52. The van der Waals surface area contributed by atoms with Crippen LogP contribution in [0.1, 0.15) is 38.3 Å². The molecule has 0 bridgehead atoms. The van der Waals surface area contributed by atoms with Crippen LogP contribution < -0.4 is 9.62 Å². The summed E-state index contributed by atoms with van der Waals surface area (Å²) in [5.41, 5.74) is -0.972. The number of hydrogen-bond donors (Lipinski definition) is 1. The molecule has 1 N–H and O–H groups in total. The van der Waals surface area contributed by atoms with Gasteiger partial charge < -0.3 is 10.2 Å². The third-order valence-corrected chi connectivity index (χ3v) is 7.57. The Morgan fingerprint density at radius 1 is 1.14 bits per heavy atom. The summed E-state index contributed by atoms with van der Waals surface area (Å²) in [4.78, 5) is 27.6. The molecule has 0 aliphatic heterocycles. The zero-order valence-corrected chi connectivity index (χ0v) is 23.8. The highest BCUT2D eigenvalue weighted by atomic mass is 79.9. The summed E-state index contributed by atoms with van der Waals surface area (Å²) in [6, 6.07) is 7.99. The molecule has 0 aliphatic carbocycles. The molecular formula is C24H28BrClF3N3O4S. The molecule has 2 rings (SSSR count). The standard InChI is InChI=1S/C24H28BrClF3N3O4S/c1-5-15(2)30-23(34)16(3)31(13-17-7-6-8-19(25)11-17)22(33)14-32(37(4,35)36)21-12-18(24(27,28)29)9-10-20(21)26/h6-12,15-16H,5,13-14H2,1-4H3,(H,30,34)/t15-,16+/m0/s1. The van der Waals surface area contributed by atoms with Crippen molar-refractivity contribution in [3.05, 3.63) is 63.1 Å². The van der Waals surface area contributed by atoms with Crippen LogP contribution in [0.2, 0.25) is 5.02 Å². The van der Waals surface area contributed by atoms with E-state index in [0.717, 1.165) is 22.9 Å². The van der Waals surface area contributed by atoms with Crippen LogP contribution in [-0.2, 0) is 32.3 Å². The Balaban J connectivity index is 2.50. The van der Waals surface area contributed by atoms with E-state index in [1.807, 2.05) is 6.92 Å². The van der Waals surface area contributed by atoms with Crippen molar-refractivity contribution in [3.63, 3.8) is 0 Å². The van der Waals surface area contributed by atoms with E-state index in [1.54, 1.807) is 31.2 Å². The lowest BCUT2D eigenvalue weighted by molar-refractivity contribution is -0.139. The van der Waals surface area contributed by atoms with Crippen LogP contribution in [0.15, 0.2) is 46.9 Å². The molecule has 0 aliphatic rings. The van der Waals surface area contributed by atoms with Crippen molar-refractivity contribution < 1.29 is 31.2 Å². The molecule has 0 spiro atoms. The van der Waals surface area contributed by atoms with E-state index in [1.165, 1.54) is 11.8 Å². The highest BCUT2D eigenvalue weighted by molar-refractivity contribution is 9.10. The number of carbonyl (C=O) groups is 2. The van der Waals surface area contributed by atoms with Crippen molar-refractivity contribution in [3.8, 4) is 0 Å². The predicted octanol–water partition coefficient (Wildman–Crippen LogP) is 5.22. The number of anilines is 1. The number of rotatable bonds is 10. The monoisotopic (exact) mass is 625 g/mol. The molecule has 0 saturated carbocycles. The van der Waals surface area contributed by atoms with Crippen LogP contribution in [0, 0.1) is 0 Å². The minimum Gasteiger partial charge on any atom is -0.352 e. The maximum Gasteiger partial charge on any atom is 0.416 e. The fourth-order valence-corrected chi connectivity index (χ4v) is 4.92. The van der Waals surface area contributed by atoms with Crippen LogP contribution in [0.5, 0.6) is 0 Å². The van der Waals surface area contributed by atoms with Gasteiger partial charge in [0.1, 0.15) is 12.6 Å². The van der Waals surface area contributed by atoms with E-state index in [4.69, 9.17) is 11.6 Å². The first kappa shape index (κ1) is 30.9. The molecule has 2 amide bonds. The van der Waals surface area contributed by atoms with Crippen molar-refractivity contribution in [2.24, 2.45) is 0 Å². The van der Waals surface area contributed by atoms with Crippen LogP contribution in [-0.4, -0.2) is 50.0 Å². The molecule has 204 valence electrons. The van der Waals surface area contributed by atoms with E-state index in [2.05, 4.69) is 21.2 Å². The Hall–Kier alpha value is -2.31. The summed E-state index contributed by atoms with van der Waals surface area (Å²) in [5.74, 6) is -1.26. The number of sulfonamides is 1. The van der Waals surface area contributed by atoms with Crippen LogP contribution in [0.4, 0.5) is 18.9 Å². The number of hydrogen-bond acceptors (Lipinski definition) is 4. The van der Waals surface area contributed by atoms with E-state index in [0.29, 0.717) is 22.4 Å². The van der Waals surface area contributed by atoms with Gasteiger partial charge in [-0.25, -0.2) is 8.42 Å². The van der Waals surface area contributed by atoms with Gasteiger partial charge in [-0.15, -0.1) is 0 Å². The Bertz CT molecular complexity index is 1240. The maximum atomic E-state index is 13.5. The lowest BCUT2D eigenvalue weighted by Gasteiger charge is -2.32. The molecule has 0 fully saturated rings. The van der Waals surface area contributed by atoms with Gasteiger partial charge in [-0.05, 0) is 56.2 Å². The van der Waals surface area contributed by atoms with Gasteiger partial charge in [-0.1, -0.05) is 46.6 Å². The molecule has 13 heteroatoms. The topological polar surface area (TPSA) is 86.8 Å². The van der Waals surface area contributed by atoms with E-state index >= 15 is 0 Å². The van der Waals surface area contributed by atoms with Gasteiger partial charge in [0.15, 0.2) is 0 Å². The van der Waals surface area contributed by atoms with Gasteiger partial charge in [-0.3, -0.25) is 13.9 Å². The molecule has 0 aromatic heterocycles. The predicted molar refractivity (Wildman–Crippen MR) is 141 cm³/mol. The average molecular weight is 627 g/mol. The number of carbonyl (C=O) groups excluding carboxylic acids is 2. The van der Waals surface area contributed by atoms with Crippen molar-refractivity contribution >= 4 is 55.1 Å². The second kappa shape index (κ2) is 12.5. The summed E-state index contributed by atoms with van der Waals surface area (Å²) in [6.07, 6.45) is -3.36. The molecule has 0 radical (unpaired) electrons. The van der Waals surface area contributed by atoms with Gasteiger partial charge in [0, 0.05) is 17.1 Å². The quantitative estimate of drug-likeness (QED) is 0.392. The number of halogens is 5. The number of nitrogens with zero attached hydrogens (tertiary/aromatic N) is 2. The number of nitrogens with one attached hydrogen (secondary N) is 1. The van der Waals surface area contributed by atoms with E-state index in [9.17, 15) is 31.2 Å². The van der Waals surface area contributed by atoms with E-state index in [-0.39, 0.29) is 17.6 Å². The summed E-state index contributed by atoms with van der Waals surface area (Å²) in [7, 11) is -4.25. The summed E-state index contributed by atoms with van der Waals surface area (Å²) in [6.45, 7) is 4.25. The van der Waals surface area contributed by atoms with Crippen molar-refractivity contribution in [1.82, 2.24) is 10.2 Å². The number of benzene rings is 2. The van der Waals surface area contributed by atoms with Crippen LogP contribution >= 0.6 is 27.5 Å². The minimum absolute atomic E-state index is 0.0543. The Labute approximate surface area is 228 Å². The summed E-state index contributed by atoms with van der Waals surface area (Å²) >= 11 is 9.42. The second-order valence-corrected chi connectivity index (χ2v) is 11.8. The van der Waals surface area contributed by atoms with Crippen molar-refractivity contribution in [2.45, 2.75) is 52.0 Å². The number of alkyl halides is 3. The number of amides is 2. The summed E-state index contributed by atoms with van der Waals surface area (Å²) in [5, 5.41) is 2.51. The fourth-order valence-electron chi connectivity index (χ4n) is 3.36. The van der Waals surface area contributed by atoms with Crippen LogP contribution in [0.25, 0.3) is 0 Å². The molecule has 7 nitrogen and oxygen atoms in total. The van der Waals surface area contributed by atoms with Gasteiger partial charge in [0.05, 0.1) is 22.5 Å².